The number of benzene rings is 1. The zero-order chi connectivity index (χ0) is 11.0. The number of fused-ring (bicyclic) bond motifs is 1. The Kier molecular flexibility index (Phi) is 2.22. The van der Waals surface area contributed by atoms with E-state index >= 15 is 0 Å². The average molecular weight is 215 g/mol. The van der Waals surface area contributed by atoms with E-state index in [2.05, 4.69) is 28.4 Å². The molecule has 4 nitrogen and oxygen atoms in total. The van der Waals surface area contributed by atoms with Gasteiger partial charge in [0.15, 0.2) is 0 Å². The van der Waals surface area contributed by atoms with Crippen molar-refractivity contribution in [1.29, 1.82) is 0 Å². The summed E-state index contributed by atoms with van der Waals surface area (Å²) in [4.78, 5) is 0. The van der Waals surface area contributed by atoms with Crippen molar-refractivity contribution in [2.45, 2.75) is 18.8 Å². The minimum absolute atomic E-state index is 0.287. The van der Waals surface area contributed by atoms with E-state index < -0.39 is 0 Å². The van der Waals surface area contributed by atoms with E-state index in [1.807, 2.05) is 6.07 Å². The average Bonchev–Trinajstić information content (AvgIpc) is 2.69. The lowest BCUT2D eigenvalue weighted by atomic mass is 9.77. The molecule has 1 aromatic heterocycles. The normalized spacial score (nSPS) is 17.9. The lowest BCUT2D eigenvalue weighted by molar-refractivity contribution is 0.419. The number of nitrogens with two attached hydrogens (primary N) is 1. The Morgan fingerprint density at radius 1 is 1.31 bits per heavy atom. The van der Waals surface area contributed by atoms with Crippen LogP contribution in [0.25, 0.3) is 0 Å². The molecule has 4 heteroatoms. The van der Waals surface area contributed by atoms with Crippen molar-refractivity contribution in [1.82, 2.24) is 10.2 Å². The summed E-state index contributed by atoms with van der Waals surface area (Å²) in [7, 11) is 0. The molecule has 2 aromatic rings. The standard InChI is InChI=1S/C12H13N3O/c13-6-5-11-14-15-12(16-11)10-7-8-3-1-2-4-9(8)10/h1-4,10H,5-7,13H2. The van der Waals surface area contributed by atoms with Crippen molar-refractivity contribution < 1.29 is 4.42 Å². The lowest BCUT2D eigenvalue weighted by Crippen LogP contribution is -2.18. The minimum Gasteiger partial charge on any atom is -0.425 e. The van der Waals surface area contributed by atoms with Gasteiger partial charge in [-0.2, -0.15) is 0 Å². The van der Waals surface area contributed by atoms with Crippen LogP contribution in [-0.4, -0.2) is 16.7 Å². The van der Waals surface area contributed by atoms with Crippen LogP contribution in [0.2, 0.25) is 0 Å². The van der Waals surface area contributed by atoms with Crippen LogP contribution in [0.5, 0.6) is 0 Å². The third-order valence-electron chi connectivity index (χ3n) is 2.99. The van der Waals surface area contributed by atoms with E-state index in [-0.39, 0.29) is 5.92 Å². The van der Waals surface area contributed by atoms with Crippen LogP contribution in [0.15, 0.2) is 28.7 Å². The Morgan fingerprint density at radius 3 is 3.00 bits per heavy atom. The van der Waals surface area contributed by atoms with E-state index in [0.717, 1.165) is 12.3 Å². The third-order valence-corrected chi connectivity index (χ3v) is 2.99. The van der Waals surface area contributed by atoms with E-state index in [1.54, 1.807) is 0 Å². The van der Waals surface area contributed by atoms with Gasteiger partial charge in [0.2, 0.25) is 11.8 Å². The van der Waals surface area contributed by atoms with Gasteiger partial charge < -0.3 is 10.2 Å². The van der Waals surface area contributed by atoms with Crippen LogP contribution in [0.1, 0.15) is 28.8 Å². The maximum Gasteiger partial charge on any atom is 0.224 e. The number of hydrogen-bond acceptors (Lipinski definition) is 4. The molecule has 0 fully saturated rings. The molecule has 0 saturated carbocycles. The fourth-order valence-corrected chi connectivity index (χ4v) is 2.11. The van der Waals surface area contributed by atoms with Crippen molar-refractivity contribution in [3.63, 3.8) is 0 Å². The Morgan fingerprint density at radius 2 is 2.19 bits per heavy atom. The Balaban J connectivity index is 1.85. The maximum absolute atomic E-state index is 5.58. The summed E-state index contributed by atoms with van der Waals surface area (Å²) >= 11 is 0. The van der Waals surface area contributed by atoms with Gasteiger partial charge in [-0.15, -0.1) is 10.2 Å². The monoisotopic (exact) mass is 215 g/mol. The molecule has 0 bridgehead atoms. The van der Waals surface area contributed by atoms with Crippen LogP contribution in [-0.2, 0) is 12.8 Å². The van der Waals surface area contributed by atoms with Gasteiger partial charge in [0.25, 0.3) is 0 Å². The van der Waals surface area contributed by atoms with Gasteiger partial charge in [-0.25, -0.2) is 0 Å². The number of aromatic nitrogens is 2. The van der Waals surface area contributed by atoms with E-state index in [1.165, 1.54) is 11.1 Å². The van der Waals surface area contributed by atoms with Crippen LogP contribution in [0.4, 0.5) is 0 Å². The number of nitrogens with zero attached hydrogens (tertiary/aromatic N) is 2. The van der Waals surface area contributed by atoms with E-state index in [9.17, 15) is 0 Å². The largest absolute Gasteiger partial charge is 0.425 e. The Labute approximate surface area is 93.5 Å². The first-order chi connectivity index (χ1) is 7.88. The molecular weight excluding hydrogens is 202 g/mol. The predicted molar refractivity (Wildman–Crippen MR) is 59.0 cm³/mol. The molecule has 3 rings (SSSR count). The Bertz CT molecular complexity index is 506. The molecule has 16 heavy (non-hydrogen) atoms. The Hall–Kier alpha value is -1.68. The molecule has 0 radical (unpaired) electrons. The molecule has 1 heterocycles. The van der Waals surface area contributed by atoms with E-state index in [0.29, 0.717) is 18.9 Å². The van der Waals surface area contributed by atoms with Crippen molar-refractivity contribution in [3.05, 3.63) is 47.2 Å². The fourth-order valence-electron chi connectivity index (χ4n) is 2.11. The van der Waals surface area contributed by atoms with Gasteiger partial charge in [0, 0.05) is 13.0 Å². The molecule has 1 atom stereocenters. The summed E-state index contributed by atoms with van der Waals surface area (Å²) in [5.41, 5.74) is 8.13. The first-order valence-electron chi connectivity index (χ1n) is 5.48. The molecule has 82 valence electrons. The van der Waals surface area contributed by atoms with Gasteiger partial charge in [0.05, 0.1) is 5.92 Å². The number of hydrogen-bond donors (Lipinski definition) is 1. The summed E-state index contributed by atoms with van der Waals surface area (Å²) in [5.74, 6) is 1.65. The molecule has 1 aromatic carbocycles. The first kappa shape index (κ1) is 9.54. The first-order valence-corrected chi connectivity index (χ1v) is 5.48. The van der Waals surface area contributed by atoms with Gasteiger partial charge in [-0.05, 0) is 17.5 Å². The fraction of sp³-hybridized carbons (Fsp3) is 0.333. The highest BCUT2D eigenvalue weighted by Gasteiger charge is 2.31. The highest BCUT2D eigenvalue weighted by atomic mass is 16.4. The molecule has 0 aliphatic heterocycles. The molecule has 1 unspecified atom stereocenters. The summed E-state index contributed by atoms with van der Waals surface area (Å²) in [6, 6.07) is 8.37. The van der Waals surface area contributed by atoms with Gasteiger partial charge >= 0.3 is 0 Å². The van der Waals surface area contributed by atoms with Crippen molar-refractivity contribution in [2.24, 2.45) is 5.73 Å². The highest BCUT2D eigenvalue weighted by Crippen LogP contribution is 2.38. The molecule has 1 aliphatic rings. The lowest BCUT2D eigenvalue weighted by Gasteiger charge is -2.26. The molecule has 0 spiro atoms. The highest BCUT2D eigenvalue weighted by molar-refractivity contribution is 5.43. The number of rotatable bonds is 3. The summed E-state index contributed by atoms with van der Waals surface area (Å²) in [6.07, 6.45) is 1.65. The van der Waals surface area contributed by atoms with Crippen LogP contribution < -0.4 is 5.73 Å². The molecule has 2 N–H and O–H groups in total. The zero-order valence-electron chi connectivity index (χ0n) is 8.89. The second-order valence-corrected chi connectivity index (χ2v) is 4.03. The molecule has 0 saturated heterocycles. The van der Waals surface area contributed by atoms with E-state index in [4.69, 9.17) is 10.2 Å². The molecule has 1 aliphatic carbocycles. The van der Waals surface area contributed by atoms with Crippen molar-refractivity contribution in [3.8, 4) is 0 Å². The van der Waals surface area contributed by atoms with Crippen LogP contribution in [0, 0.1) is 0 Å². The second kappa shape index (κ2) is 3.72. The van der Waals surface area contributed by atoms with Crippen molar-refractivity contribution in [2.75, 3.05) is 6.54 Å². The molecular formula is C12H13N3O. The molecule has 0 amide bonds. The third kappa shape index (κ3) is 1.42. The topological polar surface area (TPSA) is 64.9 Å². The summed E-state index contributed by atoms with van der Waals surface area (Å²) in [6.45, 7) is 0.545. The minimum atomic E-state index is 0.287. The smallest absolute Gasteiger partial charge is 0.224 e. The van der Waals surface area contributed by atoms with Gasteiger partial charge in [0.1, 0.15) is 0 Å². The quantitative estimate of drug-likeness (QED) is 0.837. The van der Waals surface area contributed by atoms with Crippen molar-refractivity contribution >= 4 is 0 Å². The van der Waals surface area contributed by atoms with Crippen LogP contribution in [0.3, 0.4) is 0 Å². The second-order valence-electron chi connectivity index (χ2n) is 4.03. The van der Waals surface area contributed by atoms with Crippen LogP contribution >= 0.6 is 0 Å². The summed E-state index contributed by atoms with van der Waals surface area (Å²) in [5, 5.41) is 8.07. The predicted octanol–water partition coefficient (Wildman–Crippen LogP) is 1.26. The van der Waals surface area contributed by atoms with Gasteiger partial charge in [-0.1, -0.05) is 24.3 Å². The zero-order valence-corrected chi connectivity index (χ0v) is 8.89. The summed E-state index contributed by atoms with van der Waals surface area (Å²) < 4.78 is 5.58. The maximum atomic E-state index is 5.58. The SMILES string of the molecule is NCCc1nnc(C2Cc3ccccc32)o1. The van der Waals surface area contributed by atoms with Gasteiger partial charge in [-0.3, -0.25) is 0 Å².